The van der Waals surface area contributed by atoms with Crippen LogP contribution < -0.4 is 5.32 Å². The van der Waals surface area contributed by atoms with Crippen molar-refractivity contribution in [1.82, 2.24) is 9.62 Å². The lowest BCUT2D eigenvalue weighted by molar-refractivity contribution is 0.0952. The fourth-order valence-electron chi connectivity index (χ4n) is 2.03. The van der Waals surface area contributed by atoms with Gasteiger partial charge in [0.15, 0.2) is 0 Å². The molecule has 0 bridgehead atoms. The highest BCUT2D eigenvalue weighted by Gasteiger charge is 2.21. The minimum Gasteiger partial charge on any atom is -0.396 e. The summed E-state index contributed by atoms with van der Waals surface area (Å²) >= 11 is 0. The molecular formula is C15H24N2O4S. The number of nitrogens with one attached hydrogen (secondary N) is 1. The van der Waals surface area contributed by atoms with Gasteiger partial charge >= 0.3 is 0 Å². The van der Waals surface area contributed by atoms with Gasteiger partial charge in [-0.2, -0.15) is 4.31 Å². The van der Waals surface area contributed by atoms with Gasteiger partial charge in [0.05, 0.1) is 4.90 Å². The Labute approximate surface area is 132 Å². The van der Waals surface area contributed by atoms with Crippen LogP contribution in [0.3, 0.4) is 0 Å². The van der Waals surface area contributed by atoms with Crippen LogP contribution in [0.4, 0.5) is 0 Å². The molecule has 1 amide bonds. The van der Waals surface area contributed by atoms with Crippen molar-refractivity contribution in [2.75, 3.05) is 26.2 Å². The fraction of sp³-hybridized carbons (Fsp3) is 0.533. The Morgan fingerprint density at radius 1 is 1.14 bits per heavy atom. The highest BCUT2D eigenvalue weighted by atomic mass is 32.2. The van der Waals surface area contributed by atoms with Crippen LogP contribution in [0.15, 0.2) is 29.2 Å². The zero-order chi connectivity index (χ0) is 16.6. The third kappa shape index (κ3) is 4.79. The maximum atomic E-state index is 12.3. The van der Waals surface area contributed by atoms with Crippen LogP contribution in [0.25, 0.3) is 0 Å². The molecule has 1 aromatic carbocycles. The minimum absolute atomic E-state index is 0.105. The van der Waals surface area contributed by atoms with E-state index < -0.39 is 10.0 Å². The van der Waals surface area contributed by atoms with Crippen molar-refractivity contribution >= 4 is 15.9 Å². The smallest absolute Gasteiger partial charge is 0.251 e. The summed E-state index contributed by atoms with van der Waals surface area (Å²) in [4.78, 5) is 12.1. The van der Waals surface area contributed by atoms with Gasteiger partial charge in [-0.3, -0.25) is 4.79 Å². The summed E-state index contributed by atoms with van der Waals surface area (Å²) in [6.07, 6.45) is 1.35. The molecule has 0 aliphatic rings. The largest absolute Gasteiger partial charge is 0.396 e. The van der Waals surface area contributed by atoms with Crippen LogP contribution in [0.1, 0.15) is 37.0 Å². The summed E-state index contributed by atoms with van der Waals surface area (Å²) in [5.41, 5.74) is 0.419. The van der Waals surface area contributed by atoms with Gasteiger partial charge in [0, 0.05) is 31.8 Å². The average molecular weight is 328 g/mol. The van der Waals surface area contributed by atoms with Crippen LogP contribution in [-0.2, 0) is 10.0 Å². The van der Waals surface area contributed by atoms with Crippen molar-refractivity contribution in [1.29, 1.82) is 0 Å². The number of sulfonamides is 1. The molecule has 0 fully saturated rings. The predicted molar refractivity (Wildman–Crippen MR) is 85.2 cm³/mol. The lowest BCUT2D eigenvalue weighted by atomic mass is 10.2. The first-order valence-electron chi connectivity index (χ1n) is 7.46. The maximum Gasteiger partial charge on any atom is 0.251 e. The molecule has 2 N–H and O–H groups in total. The fourth-order valence-corrected chi connectivity index (χ4v) is 3.49. The molecule has 0 atom stereocenters. The Bertz CT molecular complexity index is 566. The van der Waals surface area contributed by atoms with Gasteiger partial charge in [0.1, 0.15) is 0 Å². The summed E-state index contributed by atoms with van der Waals surface area (Å²) in [5, 5.41) is 11.4. The zero-order valence-electron chi connectivity index (χ0n) is 13.1. The van der Waals surface area contributed by atoms with Gasteiger partial charge in [-0.05, 0) is 37.1 Å². The third-order valence-corrected chi connectivity index (χ3v) is 5.39. The standard InChI is InChI=1S/C15H24N2O4S/c1-3-17(4-2)22(20,21)14-9-7-13(8-10-14)15(19)16-11-5-6-12-18/h7-10,18H,3-6,11-12H2,1-2H3,(H,16,19). The van der Waals surface area contributed by atoms with Crippen molar-refractivity contribution in [3.8, 4) is 0 Å². The van der Waals surface area contributed by atoms with E-state index in [1.165, 1.54) is 28.6 Å². The number of carbonyl (C=O) groups is 1. The zero-order valence-corrected chi connectivity index (χ0v) is 13.9. The van der Waals surface area contributed by atoms with E-state index in [1.807, 2.05) is 0 Å². The second-order valence-corrected chi connectivity index (χ2v) is 6.74. The van der Waals surface area contributed by atoms with E-state index in [9.17, 15) is 13.2 Å². The van der Waals surface area contributed by atoms with Crippen molar-refractivity contribution in [3.63, 3.8) is 0 Å². The summed E-state index contributed by atoms with van der Waals surface area (Å²) in [6, 6.07) is 5.93. The maximum absolute atomic E-state index is 12.3. The first kappa shape index (κ1) is 18.6. The van der Waals surface area contributed by atoms with Crippen molar-refractivity contribution in [3.05, 3.63) is 29.8 Å². The Hall–Kier alpha value is -1.44. The molecule has 22 heavy (non-hydrogen) atoms. The molecule has 0 radical (unpaired) electrons. The van der Waals surface area contributed by atoms with E-state index >= 15 is 0 Å². The van der Waals surface area contributed by atoms with E-state index in [0.29, 0.717) is 38.0 Å². The van der Waals surface area contributed by atoms with Gasteiger partial charge in [-0.25, -0.2) is 8.42 Å². The van der Waals surface area contributed by atoms with E-state index in [1.54, 1.807) is 13.8 Å². The van der Waals surface area contributed by atoms with Crippen molar-refractivity contribution in [2.24, 2.45) is 0 Å². The molecule has 1 aromatic rings. The summed E-state index contributed by atoms with van der Waals surface area (Å²) in [6.45, 7) is 4.98. The highest BCUT2D eigenvalue weighted by molar-refractivity contribution is 7.89. The van der Waals surface area contributed by atoms with Crippen molar-refractivity contribution < 1.29 is 18.3 Å². The molecule has 0 aliphatic carbocycles. The molecule has 0 heterocycles. The quantitative estimate of drug-likeness (QED) is 0.667. The second-order valence-electron chi connectivity index (χ2n) is 4.80. The van der Waals surface area contributed by atoms with Gasteiger partial charge in [-0.1, -0.05) is 13.8 Å². The predicted octanol–water partition coefficient (Wildman–Crippen LogP) is 1.22. The van der Waals surface area contributed by atoms with E-state index in [-0.39, 0.29) is 17.4 Å². The number of aliphatic hydroxyl groups is 1. The minimum atomic E-state index is -3.49. The first-order chi connectivity index (χ1) is 10.5. The van der Waals surface area contributed by atoms with Gasteiger partial charge < -0.3 is 10.4 Å². The summed E-state index contributed by atoms with van der Waals surface area (Å²) in [7, 11) is -3.49. The molecule has 0 saturated heterocycles. The van der Waals surface area contributed by atoms with Crippen LogP contribution in [0.2, 0.25) is 0 Å². The van der Waals surface area contributed by atoms with E-state index in [0.717, 1.165) is 0 Å². The Morgan fingerprint density at radius 2 is 1.73 bits per heavy atom. The summed E-state index contributed by atoms with van der Waals surface area (Å²) < 4.78 is 26.0. The number of amides is 1. The number of nitrogens with zero attached hydrogens (tertiary/aromatic N) is 1. The second kappa shape index (κ2) is 8.87. The number of rotatable bonds is 9. The Balaban J connectivity index is 2.76. The lowest BCUT2D eigenvalue weighted by Gasteiger charge is -2.18. The molecule has 124 valence electrons. The lowest BCUT2D eigenvalue weighted by Crippen LogP contribution is -2.30. The van der Waals surface area contributed by atoms with Gasteiger partial charge in [-0.15, -0.1) is 0 Å². The summed E-state index contributed by atoms with van der Waals surface area (Å²) in [5.74, 6) is -0.246. The average Bonchev–Trinajstić information content (AvgIpc) is 2.52. The SMILES string of the molecule is CCN(CC)S(=O)(=O)c1ccc(C(=O)NCCCCO)cc1. The van der Waals surface area contributed by atoms with Gasteiger partial charge in [0.25, 0.3) is 5.91 Å². The third-order valence-electron chi connectivity index (χ3n) is 3.33. The molecule has 0 spiro atoms. The molecule has 1 rings (SSSR count). The molecule has 7 heteroatoms. The molecule has 0 aromatic heterocycles. The van der Waals surface area contributed by atoms with E-state index in [4.69, 9.17) is 5.11 Å². The molecule has 0 unspecified atom stereocenters. The topological polar surface area (TPSA) is 86.7 Å². The highest BCUT2D eigenvalue weighted by Crippen LogP contribution is 2.16. The molecule has 0 aliphatic heterocycles. The van der Waals surface area contributed by atoms with E-state index in [2.05, 4.69) is 5.32 Å². The van der Waals surface area contributed by atoms with Crippen LogP contribution >= 0.6 is 0 Å². The number of unbranched alkanes of at least 4 members (excludes halogenated alkanes) is 1. The number of carbonyl (C=O) groups excluding carboxylic acids is 1. The first-order valence-corrected chi connectivity index (χ1v) is 8.90. The van der Waals surface area contributed by atoms with Crippen LogP contribution in [0.5, 0.6) is 0 Å². The van der Waals surface area contributed by atoms with Crippen molar-refractivity contribution in [2.45, 2.75) is 31.6 Å². The number of aliphatic hydroxyl groups excluding tert-OH is 1. The molecule has 0 saturated carbocycles. The number of hydrogen-bond donors (Lipinski definition) is 2. The Morgan fingerprint density at radius 3 is 2.23 bits per heavy atom. The number of benzene rings is 1. The Kier molecular flexibility index (Phi) is 7.50. The van der Waals surface area contributed by atoms with Gasteiger partial charge in [0.2, 0.25) is 10.0 Å². The van der Waals surface area contributed by atoms with Crippen LogP contribution in [-0.4, -0.2) is 50.0 Å². The molecular weight excluding hydrogens is 304 g/mol. The van der Waals surface area contributed by atoms with Crippen LogP contribution in [0, 0.1) is 0 Å². The monoisotopic (exact) mass is 328 g/mol. The number of hydrogen-bond acceptors (Lipinski definition) is 4. The normalized spacial score (nSPS) is 11.6. The molecule has 6 nitrogen and oxygen atoms in total.